The molecule has 0 atom stereocenters. The predicted molar refractivity (Wildman–Crippen MR) is 90.6 cm³/mol. The van der Waals surface area contributed by atoms with E-state index in [1.165, 1.54) is 32.1 Å². The minimum absolute atomic E-state index is 0.363. The summed E-state index contributed by atoms with van der Waals surface area (Å²) < 4.78 is 0. The third-order valence-corrected chi connectivity index (χ3v) is 4.87. The Bertz CT molecular complexity index is 483. The summed E-state index contributed by atoms with van der Waals surface area (Å²) in [5.41, 5.74) is 3.16. The van der Waals surface area contributed by atoms with E-state index in [1.807, 2.05) is 6.21 Å². The van der Waals surface area contributed by atoms with E-state index < -0.39 is 0 Å². The van der Waals surface area contributed by atoms with E-state index in [1.54, 1.807) is 0 Å². The largest absolute Gasteiger partial charge is 0.507 e. The van der Waals surface area contributed by atoms with Gasteiger partial charge in [-0.2, -0.15) is 0 Å². The Kier molecular flexibility index (Phi) is 5.84. The van der Waals surface area contributed by atoms with Gasteiger partial charge in [0.25, 0.3) is 0 Å². The van der Waals surface area contributed by atoms with Crippen LogP contribution < -0.4 is 0 Å². The van der Waals surface area contributed by atoms with Crippen LogP contribution in [0, 0.1) is 6.92 Å². The molecule has 0 aliphatic heterocycles. The minimum atomic E-state index is 0.363. The summed E-state index contributed by atoms with van der Waals surface area (Å²) in [7, 11) is 0. The Hall–Kier alpha value is -1.31. The molecule has 2 rings (SSSR count). The van der Waals surface area contributed by atoms with Crippen LogP contribution in [0.25, 0.3) is 0 Å². The van der Waals surface area contributed by atoms with E-state index in [4.69, 9.17) is 0 Å². The molecule has 116 valence electrons. The molecule has 0 unspecified atom stereocenters. The first kappa shape index (κ1) is 16.1. The van der Waals surface area contributed by atoms with E-state index >= 15 is 0 Å². The summed E-state index contributed by atoms with van der Waals surface area (Å²) in [6, 6.07) is 4.62. The number of aryl methyl sites for hydroxylation is 1. The van der Waals surface area contributed by atoms with Crippen LogP contribution in [0.2, 0.25) is 0 Å². The van der Waals surface area contributed by atoms with Crippen LogP contribution in [0.1, 0.15) is 81.4 Å². The summed E-state index contributed by atoms with van der Waals surface area (Å²) in [6.45, 7) is 6.38. The van der Waals surface area contributed by atoms with Gasteiger partial charge >= 0.3 is 0 Å². The molecule has 1 aromatic rings. The Morgan fingerprint density at radius 1 is 1.19 bits per heavy atom. The van der Waals surface area contributed by atoms with Crippen LogP contribution in [0.15, 0.2) is 17.1 Å². The third kappa shape index (κ3) is 3.87. The number of phenols is 1. The van der Waals surface area contributed by atoms with Gasteiger partial charge in [-0.3, -0.25) is 4.99 Å². The SMILES string of the molecule is CCC(CC)N=Cc1c(C)ccc(C2CCCCC2)c1O. The fraction of sp³-hybridized carbons (Fsp3) is 0.632. The Labute approximate surface area is 129 Å². The molecule has 0 amide bonds. The van der Waals surface area contributed by atoms with Gasteiger partial charge in [0.05, 0.1) is 0 Å². The maximum atomic E-state index is 10.7. The Balaban J connectivity index is 2.28. The Morgan fingerprint density at radius 3 is 2.48 bits per heavy atom. The van der Waals surface area contributed by atoms with Gasteiger partial charge in [0, 0.05) is 17.8 Å². The van der Waals surface area contributed by atoms with Crippen molar-refractivity contribution in [1.82, 2.24) is 0 Å². The highest BCUT2D eigenvalue weighted by atomic mass is 16.3. The second-order valence-corrected chi connectivity index (χ2v) is 6.32. The second kappa shape index (κ2) is 7.63. The quantitative estimate of drug-likeness (QED) is 0.727. The van der Waals surface area contributed by atoms with Crippen LogP contribution >= 0.6 is 0 Å². The molecule has 1 aliphatic rings. The molecule has 1 fully saturated rings. The molecule has 0 spiro atoms. The van der Waals surface area contributed by atoms with Crippen LogP contribution in [0.4, 0.5) is 0 Å². The van der Waals surface area contributed by atoms with Crippen molar-refractivity contribution in [2.75, 3.05) is 0 Å². The lowest BCUT2D eigenvalue weighted by Crippen LogP contribution is -2.07. The smallest absolute Gasteiger partial charge is 0.128 e. The van der Waals surface area contributed by atoms with Crippen LogP contribution in [0.5, 0.6) is 5.75 Å². The molecule has 1 aromatic carbocycles. The minimum Gasteiger partial charge on any atom is -0.507 e. The van der Waals surface area contributed by atoms with Crippen molar-refractivity contribution in [3.8, 4) is 5.75 Å². The first-order valence-electron chi connectivity index (χ1n) is 8.53. The maximum absolute atomic E-state index is 10.7. The molecule has 1 aliphatic carbocycles. The highest BCUT2D eigenvalue weighted by Crippen LogP contribution is 2.38. The molecule has 21 heavy (non-hydrogen) atoms. The van der Waals surface area contributed by atoms with Gasteiger partial charge in [0.2, 0.25) is 0 Å². The standard InChI is InChI=1S/C19H29NO/c1-4-16(5-2)20-13-18-14(3)11-12-17(19(18)21)15-9-7-6-8-10-15/h11-13,15-16,21H,4-10H2,1-3H3. The topological polar surface area (TPSA) is 32.6 Å². The molecule has 1 N–H and O–H groups in total. The lowest BCUT2D eigenvalue weighted by molar-refractivity contribution is 0.413. The first-order chi connectivity index (χ1) is 10.2. The molecular weight excluding hydrogens is 258 g/mol. The summed E-state index contributed by atoms with van der Waals surface area (Å²) in [5, 5.41) is 10.7. The van der Waals surface area contributed by atoms with Crippen LogP contribution in [-0.4, -0.2) is 17.4 Å². The van der Waals surface area contributed by atoms with E-state index in [-0.39, 0.29) is 0 Å². The van der Waals surface area contributed by atoms with Gasteiger partial charge in [-0.15, -0.1) is 0 Å². The molecule has 2 heteroatoms. The number of phenolic OH excluding ortho intramolecular Hbond substituents is 1. The number of hydrogen-bond acceptors (Lipinski definition) is 2. The van der Waals surface area contributed by atoms with Gasteiger partial charge < -0.3 is 5.11 Å². The van der Waals surface area contributed by atoms with E-state index in [0.29, 0.717) is 17.7 Å². The summed E-state index contributed by atoms with van der Waals surface area (Å²) in [5.74, 6) is 0.997. The zero-order valence-corrected chi connectivity index (χ0v) is 13.7. The van der Waals surface area contributed by atoms with Crippen molar-refractivity contribution in [3.05, 3.63) is 28.8 Å². The molecule has 0 saturated heterocycles. The third-order valence-electron chi connectivity index (χ3n) is 4.87. The zero-order valence-electron chi connectivity index (χ0n) is 13.7. The van der Waals surface area contributed by atoms with Crippen molar-refractivity contribution in [3.63, 3.8) is 0 Å². The number of aromatic hydroxyl groups is 1. The van der Waals surface area contributed by atoms with Gasteiger partial charge in [-0.05, 0) is 49.7 Å². The average Bonchev–Trinajstić information content (AvgIpc) is 2.52. The molecule has 0 heterocycles. The average molecular weight is 287 g/mol. The van der Waals surface area contributed by atoms with Crippen molar-refractivity contribution in [2.24, 2.45) is 4.99 Å². The molecular formula is C19H29NO. The monoisotopic (exact) mass is 287 g/mol. The fourth-order valence-corrected chi connectivity index (χ4v) is 3.31. The van der Waals surface area contributed by atoms with Gasteiger partial charge in [-0.25, -0.2) is 0 Å². The maximum Gasteiger partial charge on any atom is 0.128 e. The lowest BCUT2D eigenvalue weighted by Gasteiger charge is -2.23. The molecule has 2 nitrogen and oxygen atoms in total. The summed E-state index contributed by atoms with van der Waals surface area (Å²) in [6.07, 6.45) is 10.3. The number of nitrogens with zero attached hydrogens (tertiary/aromatic N) is 1. The number of rotatable bonds is 5. The molecule has 0 aromatic heterocycles. The van der Waals surface area contributed by atoms with Gasteiger partial charge in [0.1, 0.15) is 5.75 Å². The van der Waals surface area contributed by atoms with Crippen LogP contribution in [0.3, 0.4) is 0 Å². The molecule has 0 bridgehead atoms. The van der Waals surface area contributed by atoms with Crippen molar-refractivity contribution < 1.29 is 5.11 Å². The van der Waals surface area contributed by atoms with E-state index in [2.05, 4.69) is 37.9 Å². The highest BCUT2D eigenvalue weighted by Gasteiger charge is 2.20. The van der Waals surface area contributed by atoms with Gasteiger partial charge in [0.15, 0.2) is 0 Å². The lowest BCUT2D eigenvalue weighted by atomic mass is 9.82. The number of hydrogen-bond donors (Lipinski definition) is 1. The van der Waals surface area contributed by atoms with E-state index in [9.17, 15) is 5.11 Å². The van der Waals surface area contributed by atoms with Crippen molar-refractivity contribution in [2.45, 2.75) is 77.7 Å². The fourth-order valence-electron chi connectivity index (χ4n) is 3.31. The van der Waals surface area contributed by atoms with Crippen molar-refractivity contribution in [1.29, 1.82) is 0 Å². The molecule has 1 saturated carbocycles. The predicted octanol–water partition coefficient (Wildman–Crippen LogP) is 5.36. The zero-order chi connectivity index (χ0) is 15.2. The van der Waals surface area contributed by atoms with E-state index in [0.717, 1.165) is 29.5 Å². The molecule has 0 radical (unpaired) electrons. The number of benzene rings is 1. The normalized spacial score (nSPS) is 17.0. The summed E-state index contributed by atoms with van der Waals surface area (Å²) >= 11 is 0. The van der Waals surface area contributed by atoms with Gasteiger partial charge in [-0.1, -0.05) is 45.2 Å². The second-order valence-electron chi connectivity index (χ2n) is 6.32. The highest BCUT2D eigenvalue weighted by molar-refractivity contribution is 5.86. The van der Waals surface area contributed by atoms with Crippen molar-refractivity contribution >= 4 is 6.21 Å². The number of aliphatic imine (C=N–C) groups is 1. The van der Waals surface area contributed by atoms with Crippen LogP contribution in [-0.2, 0) is 0 Å². The Morgan fingerprint density at radius 2 is 1.86 bits per heavy atom. The first-order valence-corrected chi connectivity index (χ1v) is 8.53. The summed E-state index contributed by atoms with van der Waals surface area (Å²) in [4.78, 5) is 4.65.